The Labute approximate surface area is 139 Å². The Morgan fingerprint density at radius 2 is 1.92 bits per heavy atom. The van der Waals surface area contributed by atoms with Crippen LogP contribution in [-0.2, 0) is 21.4 Å². The molecular weight excluding hydrogens is 330 g/mol. The Morgan fingerprint density at radius 1 is 1.17 bits per heavy atom. The molecule has 1 aliphatic heterocycles. The number of hydrazine groups is 1. The van der Waals surface area contributed by atoms with Gasteiger partial charge in [-0.2, -0.15) is 0 Å². The van der Waals surface area contributed by atoms with Crippen molar-refractivity contribution in [1.29, 1.82) is 0 Å². The van der Waals surface area contributed by atoms with E-state index in [1.807, 2.05) is 0 Å². The van der Waals surface area contributed by atoms with Crippen LogP contribution in [0.5, 0.6) is 0 Å². The highest BCUT2D eigenvalue weighted by Gasteiger charge is 2.33. The molecule has 8 heteroatoms. The van der Waals surface area contributed by atoms with Crippen LogP contribution in [0.3, 0.4) is 0 Å². The van der Waals surface area contributed by atoms with E-state index in [0.717, 1.165) is 5.01 Å². The fourth-order valence-electron chi connectivity index (χ4n) is 2.50. The highest BCUT2D eigenvalue weighted by molar-refractivity contribution is 7.89. The van der Waals surface area contributed by atoms with Crippen LogP contribution in [-0.4, -0.2) is 25.2 Å². The summed E-state index contributed by atoms with van der Waals surface area (Å²) in [7, 11) is -3.79. The minimum Gasteiger partial charge on any atom is -0.326 e. The maximum absolute atomic E-state index is 12.5. The Kier molecular flexibility index (Phi) is 4.08. The topological polar surface area (TPSA) is 95.6 Å². The minimum atomic E-state index is -3.79. The van der Waals surface area contributed by atoms with Gasteiger partial charge >= 0.3 is 0 Å². The molecule has 1 heterocycles. The van der Waals surface area contributed by atoms with Gasteiger partial charge in [-0.3, -0.25) is 14.6 Å². The molecule has 2 amide bonds. The van der Waals surface area contributed by atoms with E-state index in [2.05, 4.69) is 10.1 Å². The first-order valence-corrected chi connectivity index (χ1v) is 8.65. The SMILES string of the molecule is CC(=O)Nc1cccc(CN2NS(=O)(=O)c3ccccc3C2=O)c1. The average Bonchev–Trinajstić information content (AvgIpc) is 2.52. The van der Waals surface area contributed by atoms with Crippen LogP contribution >= 0.6 is 0 Å². The van der Waals surface area contributed by atoms with Crippen molar-refractivity contribution in [2.24, 2.45) is 0 Å². The van der Waals surface area contributed by atoms with Crippen LogP contribution in [0, 0.1) is 0 Å². The van der Waals surface area contributed by atoms with Crippen LogP contribution in [0.2, 0.25) is 0 Å². The molecule has 3 rings (SSSR count). The summed E-state index contributed by atoms with van der Waals surface area (Å²) in [6.45, 7) is 1.44. The van der Waals surface area contributed by atoms with Gasteiger partial charge in [0.2, 0.25) is 5.91 Å². The van der Waals surface area contributed by atoms with Gasteiger partial charge in [0.15, 0.2) is 0 Å². The third kappa shape index (κ3) is 3.15. The summed E-state index contributed by atoms with van der Waals surface area (Å²) in [6, 6.07) is 12.9. The second-order valence-electron chi connectivity index (χ2n) is 5.36. The molecule has 0 aromatic heterocycles. The molecule has 0 fully saturated rings. The molecule has 7 nitrogen and oxygen atoms in total. The van der Waals surface area contributed by atoms with Crippen LogP contribution in [0.15, 0.2) is 53.4 Å². The largest absolute Gasteiger partial charge is 0.326 e. The predicted octanol–water partition coefficient (Wildman–Crippen LogP) is 1.49. The maximum Gasteiger partial charge on any atom is 0.270 e. The lowest BCUT2D eigenvalue weighted by atomic mass is 10.1. The van der Waals surface area contributed by atoms with Gasteiger partial charge in [0.1, 0.15) is 0 Å². The fraction of sp³-hybridized carbons (Fsp3) is 0.125. The highest BCUT2D eigenvalue weighted by Crippen LogP contribution is 2.23. The molecule has 24 heavy (non-hydrogen) atoms. The molecule has 1 aliphatic rings. The van der Waals surface area contributed by atoms with Gasteiger partial charge in [-0.1, -0.05) is 24.3 Å². The van der Waals surface area contributed by atoms with Gasteiger partial charge in [0, 0.05) is 12.6 Å². The number of carbonyl (C=O) groups is 2. The summed E-state index contributed by atoms with van der Waals surface area (Å²) < 4.78 is 24.5. The molecular formula is C16H15N3O4S. The number of hydrogen-bond donors (Lipinski definition) is 2. The van der Waals surface area contributed by atoms with Crippen molar-refractivity contribution in [2.45, 2.75) is 18.4 Å². The Hall–Kier alpha value is -2.71. The first kappa shape index (κ1) is 16.2. The average molecular weight is 345 g/mol. The predicted molar refractivity (Wildman–Crippen MR) is 87.4 cm³/mol. The minimum absolute atomic E-state index is 0.0294. The number of anilines is 1. The summed E-state index contributed by atoms with van der Waals surface area (Å²) in [6.07, 6.45) is 0. The van der Waals surface area contributed by atoms with Crippen molar-refractivity contribution in [2.75, 3.05) is 5.32 Å². The van der Waals surface area contributed by atoms with E-state index in [4.69, 9.17) is 0 Å². The standard InChI is InChI=1S/C16H15N3O4S/c1-11(20)17-13-6-4-5-12(9-13)10-19-16(21)14-7-2-3-8-15(14)24(22,23)18-19/h2-9,18H,10H2,1H3,(H,17,20). The molecule has 124 valence electrons. The number of nitrogens with zero attached hydrogens (tertiary/aromatic N) is 1. The van der Waals surface area contributed by atoms with Crippen LogP contribution in [0.25, 0.3) is 0 Å². The van der Waals surface area contributed by atoms with Crippen molar-refractivity contribution < 1.29 is 18.0 Å². The number of rotatable bonds is 3. The lowest BCUT2D eigenvalue weighted by Crippen LogP contribution is -2.49. The summed E-state index contributed by atoms with van der Waals surface area (Å²) in [5.74, 6) is -0.638. The summed E-state index contributed by atoms with van der Waals surface area (Å²) in [5.41, 5.74) is 1.39. The zero-order valence-corrected chi connectivity index (χ0v) is 13.6. The molecule has 2 aromatic carbocycles. The number of sulfonamides is 1. The van der Waals surface area contributed by atoms with E-state index in [0.29, 0.717) is 11.3 Å². The number of carbonyl (C=O) groups excluding carboxylic acids is 2. The first-order chi connectivity index (χ1) is 11.4. The van der Waals surface area contributed by atoms with Crippen molar-refractivity contribution in [1.82, 2.24) is 9.84 Å². The molecule has 0 saturated heterocycles. The summed E-state index contributed by atoms with van der Waals surface area (Å²) in [5, 5.41) is 3.69. The number of benzene rings is 2. The van der Waals surface area contributed by atoms with Crippen molar-refractivity contribution >= 4 is 27.5 Å². The molecule has 2 aromatic rings. The van der Waals surface area contributed by atoms with E-state index in [9.17, 15) is 18.0 Å². The molecule has 0 saturated carbocycles. The molecule has 0 radical (unpaired) electrons. The Morgan fingerprint density at radius 3 is 2.67 bits per heavy atom. The zero-order chi connectivity index (χ0) is 17.3. The van der Waals surface area contributed by atoms with E-state index in [1.165, 1.54) is 19.1 Å². The molecule has 0 atom stereocenters. The summed E-state index contributed by atoms with van der Waals surface area (Å²) >= 11 is 0. The van der Waals surface area contributed by atoms with Gasteiger partial charge < -0.3 is 5.32 Å². The maximum atomic E-state index is 12.5. The Bertz CT molecular complexity index is 924. The molecule has 2 N–H and O–H groups in total. The quantitative estimate of drug-likeness (QED) is 0.881. The first-order valence-electron chi connectivity index (χ1n) is 7.17. The van der Waals surface area contributed by atoms with Crippen molar-refractivity contribution in [3.63, 3.8) is 0 Å². The zero-order valence-electron chi connectivity index (χ0n) is 12.8. The second-order valence-corrected chi connectivity index (χ2v) is 6.99. The molecule has 0 aliphatic carbocycles. The number of nitrogens with one attached hydrogen (secondary N) is 2. The monoisotopic (exact) mass is 345 g/mol. The fourth-order valence-corrected chi connectivity index (χ4v) is 3.73. The van der Waals surface area contributed by atoms with Gasteiger partial charge in [0.25, 0.3) is 15.9 Å². The van der Waals surface area contributed by atoms with Gasteiger partial charge in [-0.05, 0) is 29.8 Å². The second kappa shape index (κ2) is 6.06. The van der Waals surface area contributed by atoms with Crippen molar-refractivity contribution in [3.05, 3.63) is 59.7 Å². The van der Waals surface area contributed by atoms with Crippen LogP contribution in [0.1, 0.15) is 22.8 Å². The van der Waals surface area contributed by atoms with Crippen LogP contribution in [0.4, 0.5) is 5.69 Å². The Balaban J connectivity index is 1.89. The van der Waals surface area contributed by atoms with E-state index in [-0.39, 0.29) is 22.9 Å². The molecule has 0 spiro atoms. The number of amides is 2. The molecule has 0 bridgehead atoms. The van der Waals surface area contributed by atoms with Gasteiger partial charge in [-0.15, -0.1) is 4.83 Å². The third-order valence-corrected chi connectivity index (χ3v) is 4.87. The number of fused-ring (bicyclic) bond motifs is 1. The van der Waals surface area contributed by atoms with E-state index < -0.39 is 15.9 Å². The van der Waals surface area contributed by atoms with Gasteiger partial charge in [0.05, 0.1) is 17.0 Å². The lowest BCUT2D eigenvalue weighted by Gasteiger charge is -2.28. The lowest BCUT2D eigenvalue weighted by molar-refractivity contribution is -0.114. The smallest absolute Gasteiger partial charge is 0.270 e. The van der Waals surface area contributed by atoms with Crippen molar-refractivity contribution in [3.8, 4) is 0 Å². The molecule has 0 unspecified atom stereocenters. The third-order valence-electron chi connectivity index (χ3n) is 3.47. The van der Waals surface area contributed by atoms with E-state index in [1.54, 1.807) is 36.4 Å². The highest BCUT2D eigenvalue weighted by atomic mass is 32.2. The summed E-state index contributed by atoms with van der Waals surface area (Å²) in [4.78, 5) is 25.9. The number of hydrogen-bond acceptors (Lipinski definition) is 4. The van der Waals surface area contributed by atoms with Crippen LogP contribution < -0.4 is 10.1 Å². The van der Waals surface area contributed by atoms with Gasteiger partial charge in [-0.25, -0.2) is 8.42 Å². The van der Waals surface area contributed by atoms with E-state index >= 15 is 0 Å². The normalized spacial score (nSPS) is 15.7.